The molecule has 0 N–H and O–H groups in total. The Hall–Kier alpha value is -0.730. The van der Waals surface area contributed by atoms with Crippen LogP contribution in [0.25, 0.3) is 0 Å². The summed E-state index contributed by atoms with van der Waals surface area (Å²) in [6.07, 6.45) is 1.22. The van der Waals surface area contributed by atoms with Crippen LogP contribution in [0.15, 0.2) is 18.2 Å². The quantitative estimate of drug-likeness (QED) is 0.755. The van der Waals surface area contributed by atoms with Crippen molar-refractivity contribution in [2.24, 2.45) is 0 Å². The molecule has 0 spiro atoms. The van der Waals surface area contributed by atoms with E-state index in [1.807, 2.05) is 6.92 Å². The molecule has 0 heterocycles. The normalized spacial score (nSPS) is 10.1. The van der Waals surface area contributed by atoms with Crippen LogP contribution in [0, 0.1) is 0 Å². The molecule has 1 aromatic rings. The molecule has 1 rings (SSSR count). The van der Waals surface area contributed by atoms with Crippen molar-refractivity contribution < 1.29 is 9.53 Å². The maximum absolute atomic E-state index is 11.1. The Balaban J connectivity index is 2.54. The molecule has 0 amide bonds. The van der Waals surface area contributed by atoms with Crippen LogP contribution in [0.3, 0.4) is 0 Å². The first kappa shape index (κ1) is 12.3. The highest BCUT2D eigenvalue weighted by atomic mass is 35.5. The molecule has 0 aliphatic rings. The highest BCUT2D eigenvalue weighted by Crippen LogP contribution is 2.21. The van der Waals surface area contributed by atoms with E-state index in [9.17, 15) is 4.79 Å². The molecule has 0 saturated heterocycles. The van der Waals surface area contributed by atoms with Gasteiger partial charge in [0.25, 0.3) is 0 Å². The average Bonchev–Trinajstić information content (AvgIpc) is 2.17. The van der Waals surface area contributed by atoms with Gasteiger partial charge in [0.1, 0.15) is 6.61 Å². The number of hydrogen-bond donors (Lipinski definition) is 0. The molecule has 0 aromatic heterocycles. The summed E-state index contributed by atoms with van der Waals surface area (Å²) in [6, 6.07) is 5.10. The SMILES string of the molecule is CCCC(=O)OCc1ccc(Cl)cc1Cl. The standard InChI is InChI=1S/C11H12Cl2O2/c1-2-3-11(14)15-7-8-4-5-9(12)6-10(8)13/h4-6H,2-3,7H2,1H3. The minimum absolute atomic E-state index is 0.203. The van der Waals surface area contributed by atoms with Crippen molar-refractivity contribution in [3.05, 3.63) is 33.8 Å². The Morgan fingerprint density at radius 1 is 1.40 bits per heavy atom. The highest BCUT2D eigenvalue weighted by Gasteiger charge is 2.05. The fourth-order valence-electron chi connectivity index (χ4n) is 1.07. The van der Waals surface area contributed by atoms with Crippen molar-refractivity contribution in [3.63, 3.8) is 0 Å². The van der Waals surface area contributed by atoms with Crippen LogP contribution in [-0.2, 0) is 16.1 Å². The zero-order valence-electron chi connectivity index (χ0n) is 8.43. The summed E-state index contributed by atoms with van der Waals surface area (Å²) in [6.45, 7) is 2.13. The van der Waals surface area contributed by atoms with Crippen LogP contribution in [0.1, 0.15) is 25.3 Å². The molecule has 2 nitrogen and oxygen atoms in total. The summed E-state index contributed by atoms with van der Waals surface area (Å²) < 4.78 is 5.02. The smallest absolute Gasteiger partial charge is 0.306 e. The van der Waals surface area contributed by atoms with Crippen LogP contribution in [0.5, 0.6) is 0 Å². The minimum atomic E-state index is -0.205. The van der Waals surface area contributed by atoms with Gasteiger partial charge in [-0.2, -0.15) is 0 Å². The lowest BCUT2D eigenvalue weighted by Crippen LogP contribution is -2.03. The lowest BCUT2D eigenvalue weighted by Gasteiger charge is -2.06. The van der Waals surface area contributed by atoms with E-state index < -0.39 is 0 Å². The molecule has 0 saturated carbocycles. The van der Waals surface area contributed by atoms with Gasteiger partial charge >= 0.3 is 5.97 Å². The van der Waals surface area contributed by atoms with Crippen LogP contribution in [-0.4, -0.2) is 5.97 Å². The number of ether oxygens (including phenoxy) is 1. The van der Waals surface area contributed by atoms with Gasteiger partial charge in [0.05, 0.1) is 0 Å². The Morgan fingerprint density at radius 3 is 2.73 bits per heavy atom. The number of esters is 1. The van der Waals surface area contributed by atoms with Gasteiger partial charge in [-0.25, -0.2) is 0 Å². The summed E-state index contributed by atoms with van der Waals surface area (Å²) >= 11 is 11.7. The Bertz CT molecular complexity index is 350. The first-order valence-electron chi connectivity index (χ1n) is 4.73. The summed E-state index contributed by atoms with van der Waals surface area (Å²) in [5.41, 5.74) is 0.769. The largest absolute Gasteiger partial charge is 0.461 e. The molecule has 1 aromatic carbocycles. The molecule has 82 valence electrons. The number of hydrogen-bond acceptors (Lipinski definition) is 2. The molecule has 0 aliphatic carbocycles. The third kappa shape index (κ3) is 4.10. The fourth-order valence-corrected chi connectivity index (χ4v) is 1.54. The molecule has 4 heteroatoms. The van der Waals surface area contributed by atoms with Crippen molar-refractivity contribution in [2.45, 2.75) is 26.4 Å². The topological polar surface area (TPSA) is 26.3 Å². The molecule has 0 fully saturated rings. The van der Waals surface area contributed by atoms with E-state index in [2.05, 4.69) is 0 Å². The van der Waals surface area contributed by atoms with Crippen molar-refractivity contribution in [1.82, 2.24) is 0 Å². The van der Waals surface area contributed by atoms with Crippen molar-refractivity contribution in [2.75, 3.05) is 0 Å². The summed E-state index contributed by atoms with van der Waals surface area (Å²) in [5.74, 6) is -0.205. The van der Waals surface area contributed by atoms with Gasteiger partial charge < -0.3 is 4.74 Å². The third-order valence-electron chi connectivity index (χ3n) is 1.86. The molecular weight excluding hydrogens is 235 g/mol. The zero-order chi connectivity index (χ0) is 11.3. The lowest BCUT2D eigenvalue weighted by atomic mass is 10.2. The zero-order valence-corrected chi connectivity index (χ0v) is 9.94. The van der Waals surface area contributed by atoms with E-state index >= 15 is 0 Å². The van der Waals surface area contributed by atoms with Gasteiger partial charge in [0.15, 0.2) is 0 Å². The van der Waals surface area contributed by atoms with E-state index in [-0.39, 0.29) is 12.6 Å². The van der Waals surface area contributed by atoms with E-state index in [1.54, 1.807) is 18.2 Å². The third-order valence-corrected chi connectivity index (χ3v) is 2.44. The van der Waals surface area contributed by atoms with Crippen LogP contribution in [0.4, 0.5) is 0 Å². The molecular formula is C11H12Cl2O2. The molecule has 0 unspecified atom stereocenters. The number of rotatable bonds is 4. The van der Waals surface area contributed by atoms with Gasteiger partial charge in [-0.3, -0.25) is 4.79 Å². The summed E-state index contributed by atoms with van der Waals surface area (Å²) in [7, 11) is 0. The molecule has 0 atom stereocenters. The van der Waals surface area contributed by atoms with Gasteiger partial charge in [0.2, 0.25) is 0 Å². The second-order valence-electron chi connectivity index (χ2n) is 3.15. The minimum Gasteiger partial charge on any atom is -0.461 e. The fraction of sp³-hybridized carbons (Fsp3) is 0.364. The Morgan fingerprint density at radius 2 is 2.13 bits per heavy atom. The number of halogens is 2. The van der Waals surface area contributed by atoms with E-state index in [0.717, 1.165) is 12.0 Å². The molecule has 0 aliphatic heterocycles. The van der Waals surface area contributed by atoms with Gasteiger partial charge in [-0.05, 0) is 18.6 Å². The van der Waals surface area contributed by atoms with Gasteiger partial charge in [-0.15, -0.1) is 0 Å². The second-order valence-corrected chi connectivity index (χ2v) is 3.99. The van der Waals surface area contributed by atoms with E-state index in [0.29, 0.717) is 16.5 Å². The maximum Gasteiger partial charge on any atom is 0.306 e. The van der Waals surface area contributed by atoms with Crippen molar-refractivity contribution >= 4 is 29.2 Å². The number of carbonyl (C=O) groups excluding carboxylic acids is 1. The van der Waals surface area contributed by atoms with Gasteiger partial charge in [-0.1, -0.05) is 36.2 Å². The maximum atomic E-state index is 11.1. The van der Waals surface area contributed by atoms with Crippen molar-refractivity contribution in [1.29, 1.82) is 0 Å². The summed E-state index contributed by atoms with van der Waals surface area (Å²) in [5, 5.41) is 1.09. The number of benzene rings is 1. The predicted octanol–water partition coefficient (Wildman–Crippen LogP) is 3.84. The van der Waals surface area contributed by atoms with Crippen LogP contribution in [0.2, 0.25) is 10.0 Å². The average molecular weight is 247 g/mol. The molecule has 15 heavy (non-hydrogen) atoms. The first-order valence-corrected chi connectivity index (χ1v) is 5.48. The number of carbonyl (C=O) groups is 1. The van der Waals surface area contributed by atoms with Gasteiger partial charge in [0, 0.05) is 22.0 Å². The summed E-state index contributed by atoms with van der Waals surface area (Å²) in [4.78, 5) is 11.1. The Kier molecular flexibility index (Phi) is 4.92. The van der Waals surface area contributed by atoms with Crippen LogP contribution >= 0.6 is 23.2 Å². The molecule has 0 bridgehead atoms. The Labute approximate surface area is 99.1 Å². The monoisotopic (exact) mass is 246 g/mol. The molecule has 0 radical (unpaired) electrons. The van der Waals surface area contributed by atoms with Crippen LogP contribution < -0.4 is 0 Å². The second kappa shape index (κ2) is 5.99. The van der Waals surface area contributed by atoms with E-state index in [1.165, 1.54) is 0 Å². The highest BCUT2D eigenvalue weighted by molar-refractivity contribution is 6.35. The predicted molar refractivity (Wildman–Crippen MR) is 61.2 cm³/mol. The van der Waals surface area contributed by atoms with Crippen molar-refractivity contribution in [3.8, 4) is 0 Å². The lowest BCUT2D eigenvalue weighted by molar-refractivity contribution is -0.144. The van der Waals surface area contributed by atoms with E-state index in [4.69, 9.17) is 27.9 Å². The first-order chi connectivity index (χ1) is 7.13.